The van der Waals surface area contributed by atoms with E-state index in [2.05, 4.69) is 0 Å². The molecule has 2 heteroatoms. The van der Waals surface area contributed by atoms with Crippen molar-refractivity contribution in [3.63, 3.8) is 0 Å². The molecule has 3 aliphatic carbocycles. The number of nitrogens with two attached hydrogens (primary N) is 1. The number of carbonyl (C=O) groups excluding carboxylic acids is 1. The molecule has 2 bridgehead atoms. The highest BCUT2D eigenvalue weighted by atomic mass is 16.1. The second-order valence-electron chi connectivity index (χ2n) is 4.42. The molecule has 1 unspecified atom stereocenters. The van der Waals surface area contributed by atoms with E-state index in [1.54, 1.807) is 0 Å². The third-order valence-corrected chi connectivity index (χ3v) is 4.06. The zero-order valence-corrected chi connectivity index (χ0v) is 6.49. The highest BCUT2D eigenvalue weighted by molar-refractivity contribution is 5.81. The fourth-order valence-electron chi connectivity index (χ4n) is 3.71. The summed E-state index contributed by atoms with van der Waals surface area (Å²) in [5.41, 5.74) is 5.30. The predicted molar refractivity (Wildman–Crippen MR) is 40.5 cm³/mol. The van der Waals surface area contributed by atoms with E-state index in [1.165, 1.54) is 19.3 Å². The van der Waals surface area contributed by atoms with Crippen molar-refractivity contribution in [2.75, 3.05) is 0 Å². The van der Waals surface area contributed by atoms with E-state index < -0.39 is 0 Å². The van der Waals surface area contributed by atoms with Gasteiger partial charge in [-0.25, -0.2) is 0 Å². The maximum Gasteiger partial charge on any atom is 0.221 e. The second kappa shape index (κ2) is 1.62. The van der Waals surface area contributed by atoms with Gasteiger partial charge < -0.3 is 5.73 Å². The van der Waals surface area contributed by atoms with Crippen molar-refractivity contribution in [1.82, 2.24) is 0 Å². The average Bonchev–Trinajstić information content (AvgIpc) is 2.44. The minimum Gasteiger partial charge on any atom is -0.369 e. The van der Waals surface area contributed by atoms with E-state index in [9.17, 15) is 4.79 Å². The Bertz CT molecular complexity index is 210. The summed E-state index contributed by atoms with van der Waals surface area (Å²) in [6.07, 6.45) is 4.14. The number of carbonyl (C=O) groups is 1. The summed E-state index contributed by atoms with van der Waals surface area (Å²) in [6, 6.07) is 0. The van der Waals surface area contributed by atoms with Crippen molar-refractivity contribution in [1.29, 1.82) is 0 Å². The molecule has 2 nitrogen and oxygen atoms in total. The van der Waals surface area contributed by atoms with Crippen LogP contribution in [0.3, 0.4) is 0 Å². The quantitative estimate of drug-likeness (QED) is 0.590. The third-order valence-electron chi connectivity index (χ3n) is 4.06. The molecule has 0 aromatic heterocycles. The fourth-order valence-corrected chi connectivity index (χ4v) is 3.71. The molecule has 0 heterocycles. The molecule has 3 fully saturated rings. The highest BCUT2D eigenvalue weighted by Crippen LogP contribution is 2.69. The zero-order chi connectivity index (χ0) is 7.59. The monoisotopic (exact) mass is 151 g/mol. The number of amides is 1. The van der Waals surface area contributed by atoms with Crippen molar-refractivity contribution >= 4 is 5.91 Å². The summed E-state index contributed by atoms with van der Waals surface area (Å²) in [6.45, 7) is 0. The number of hydrogen-bond donors (Lipinski definition) is 1. The van der Waals surface area contributed by atoms with E-state index in [0.717, 1.165) is 23.7 Å². The Morgan fingerprint density at radius 1 is 1.18 bits per heavy atom. The van der Waals surface area contributed by atoms with Crippen LogP contribution in [-0.4, -0.2) is 5.91 Å². The maximum atomic E-state index is 10.9. The molecule has 3 saturated carbocycles. The largest absolute Gasteiger partial charge is 0.369 e. The van der Waals surface area contributed by atoms with Crippen LogP contribution in [0.4, 0.5) is 0 Å². The van der Waals surface area contributed by atoms with Crippen LogP contribution < -0.4 is 5.73 Å². The number of rotatable bonds is 1. The fraction of sp³-hybridized carbons (Fsp3) is 0.889. The van der Waals surface area contributed by atoms with Crippen molar-refractivity contribution in [3.05, 3.63) is 0 Å². The minimum absolute atomic E-state index is 0.0309. The van der Waals surface area contributed by atoms with Gasteiger partial charge in [0.1, 0.15) is 0 Å². The normalized spacial score (nSPS) is 57.6. The first-order valence-corrected chi connectivity index (χ1v) is 4.58. The Labute approximate surface area is 66.1 Å². The summed E-state index contributed by atoms with van der Waals surface area (Å²) < 4.78 is 0. The van der Waals surface area contributed by atoms with Crippen LogP contribution in [0.25, 0.3) is 0 Å². The first-order chi connectivity index (χ1) is 5.29. The Hall–Kier alpha value is -0.530. The topological polar surface area (TPSA) is 43.1 Å². The molecule has 2 N–H and O–H groups in total. The van der Waals surface area contributed by atoms with Gasteiger partial charge >= 0.3 is 0 Å². The third kappa shape index (κ3) is 0.569. The highest BCUT2D eigenvalue weighted by Gasteiger charge is 2.66. The molecule has 0 aromatic rings. The van der Waals surface area contributed by atoms with E-state index in [1.807, 2.05) is 0 Å². The molecule has 3 aliphatic rings. The lowest BCUT2D eigenvalue weighted by molar-refractivity contribution is -0.120. The summed E-state index contributed by atoms with van der Waals surface area (Å²) in [7, 11) is 0. The lowest BCUT2D eigenvalue weighted by Gasteiger charge is -2.04. The second-order valence-corrected chi connectivity index (χ2v) is 4.42. The van der Waals surface area contributed by atoms with Crippen molar-refractivity contribution in [2.24, 2.45) is 35.3 Å². The van der Waals surface area contributed by atoms with Gasteiger partial charge in [0, 0.05) is 5.92 Å². The summed E-state index contributed by atoms with van der Waals surface area (Å²) >= 11 is 0. The van der Waals surface area contributed by atoms with E-state index >= 15 is 0 Å². The standard InChI is InChI=1S/C9H13NO/c10-9(11)8-6-4-1-2-5(3-4)7(6)8/h4-8H,1-3H2,(H2,10,11)/t4-,5+,6-,7+,8?. The molecular formula is C9H13NO. The summed E-state index contributed by atoms with van der Waals surface area (Å²) in [5.74, 6) is 3.47. The van der Waals surface area contributed by atoms with E-state index in [-0.39, 0.29) is 5.91 Å². The first-order valence-electron chi connectivity index (χ1n) is 4.58. The summed E-state index contributed by atoms with van der Waals surface area (Å²) in [5, 5.41) is 0. The number of fused-ring (bicyclic) bond motifs is 5. The maximum absolute atomic E-state index is 10.9. The molecule has 0 aliphatic heterocycles. The molecule has 60 valence electrons. The van der Waals surface area contributed by atoms with E-state index in [4.69, 9.17) is 5.73 Å². The van der Waals surface area contributed by atoms with Crippen LogP contribution >= 0.6 is 0 Å². The molecule has 0 saturated heterocycles. The summed E-state index contributed by atoms with van der Waals surface area (Å²) in [4.78, 5) is 10.9. The Balaban J connectivity index is 1.86. The van der Waals surface area contributed by atoms with Gasteiger partial charge in [-0.2, -0.15) is 0 Å². The number of primary amides is 1. The van der Waals surface area contributed by atoms with Crippen molar-refractivity contribution in [2.45, 2.75) is 19.3 Å². The zero-order valence-electron chi connectivity index (χ0n) is 6.49. The first kappa shape index (κ1) is 6.04. The van der Waals surface area contributed by atoms with Gasteiger partial charge in [0.05, 0.1) is 0 Å². The lowest BCUT2D eigenvalue weighted by Crippen LogP contribution is -2.18. The molecular weight excluding hydrogens is 138 g/mol. The van der Waals surface area contributed by atoms with Crippen molar-refractivity contribution < 1.29 is 4.79 Å². The van der Waals surface area contributed by atoms with Crippen LogP contribution in [0.15, 0.2) is 0 Å². The van der Waals surface area contributed by atoms with Gasteiger partial charge in [0.15, 0.2) is 0 Å². The molecule has 11 heavy (non-hydrogen) atoms. The van der Waals surface area contributed by atoms with Crippen LogP contribution in [-0.2, 0) is 4.79 Å². The van der Waals surface area contributed by atoms with Gasteiger partial charge in [-0.3, -0.25) is 4.79 Å². The van der Waals surface area contributed by atoms with Crippen molar-refractivity contribution in [3.8, 4) is 0 Å². The van der Waals surface area contributed by atoms with Gasteiger partial charge in [0.2, 0.25) is 5.91 Å². The van der Waals surface area contributed by atoms with Crippen LogP contribution in [0, 0.1) is 29.6 Å². The predicted octanol–water partition coefficient (Wildman–Crippen LogP) is 0.764. The smallest absolute Gasteiger partial charge is 0.221 e. The molecule has 0 aromatic carbocycles. The van der Waals surface area contributed by atoms with Gasteiger partial charge in [-0.1, -0.05) is 0 Å². The number of hydrogen-bond acceptors (Lipinski definition) is 1. The van der Waals surface area contributed by atoms with Crippen LogP contribution in [0.5, 0.6) is 0 Å². The molecule has 0 radical (unpaired) electrons. The molecule has 0 spiro atoms. The average molecular weight is 151 g/mol. The Morgan fingerprint density at radius 2 is 1.73 bits per heavy atom. The molecule has 1 amide bonds. The van der Waals surface area contributed by atoms with Crippen LogP contribution in [0.2, 0.25) is 0 Å². The van der Waals surface area contributed by atoms with Gasteiger partial charge in [0.25, 0.3) is 0 Å². The Morgan fingerprint density at radius 3 is 2.18 bits per heavy atom. The van der Waals surface area contributed by atoms with Gasteiger partial charge in [-0.15, -0.1) is 0 Å². The molecule has 5 atom stereocenters. The Kier molecular flexibility index (Phi) is 0.890. The minimum atomic E-state index is -0.0309. The van der Waals surface area contributed by atoms with E-state index in [0.29, 0.717) is 5.92 Å². The lowest BCUT2D eigenvalue weighted by atomic mass is 10.0. The SMILES string of the molecule is NC(=O)C1[C@@H]2[C@@H]3CC[C@@H](C3)[C@H]12. The van der Waals surface area contributed by atoms with Gasteiger partial charge in [-0.05, 0) is 42.9 Å². The molecule has 3 rings (SSSR count). The van der Waals surface area contributed by atoms with Crippen LogP contribution in [0.1, 0.15) is 19.3 Å².